The molecule has 0 spiro atoms. The van der Waals surface area contributed by atoms with Gasteiger partial charge in [-0.15, -0.1) is 0 Å². The van der Waals surface area contributed by atoms with Crippen molar-refractivity contribution in [3.63, 3.8) is 0 Å². The van der Waals surface area contributed by atoms with E-state index in [1.807, 2.05) is 30.3 Å². The van der Waals surface area contributed by atoms with Crippen LogP contribution < -0.4 is 4.74 Å². The van der Waals surface area contributed by atoms with Crippen molar-refractivity contribution in [2.45, 2.75) is 16.4 Å². The van der Waals surface area contributed by atoms with Crippen molar-refractivity contribution >= 4 is 9.84 Å². The summed E-state index contributed by atoms with van der Waals surface area (Å²) < 4.78 is 30.6. The predicted molar refractivity (Wildman–Crippen MR) is 89.1 cm³/mol. The fraction of sp³-hybridized carbons (Fsp3) is 0.0526. The molecule has 0 saturated heterocycles. The first-order valence-corrected chi connectivity index (χ1v) is 8.71. The van der Waals surface area contributed by atoms with Crippen LogP contribution in [0.2, 0.25) is 0 Å². The van der Waals surface area contributed by atoms with Crippen molar-refractivity contribution in [2.24, 2.45) is 0 Å². The number of sulfone groups is 1. The number of benzene rings is 3. The molecule has 0 aliphatic carbocycles. The minimum absolute atomic E-state index is 0.284. The lowest BCUT2D eigenvalue weighted by Crippen LogP contribution is -2.02. The second kappa shape index (κ2) is 6.67. The molecule has 23 heavy (non-hydrogen) atoms. The molecule has 116 valence electrons. The van der Waals surface area contributed by atoms with E-state index in [2.05, 4.69) is 0 Å². The standard InChI is InChI=1S/C19H16O3S/c20-23(21,18-9-5-2-6-10-18)19-13-11-16(12-14-19)15-22-17-7-3-1-4-8-17/h1-14H,15H2. The maximum Gasteiger partial charge on any atom is 0.206 e. The fourth-order valence-corrected chi connectivity index (χ4v) is 3.47. The predicted octanol–water partition coefficient (Wildman–Crippen LogP) is 4.10. The van der Waals surface area contributed by atoms with Crippen molar-refractivity contribution in [1.29, 1.82) is 0 Å². The van der Waals surface area contributed by atoms with Gasteiger partial charge < -0.3 is 4.74 Å². The molecule has 3 aromatic rings. The Balaban J connectivity index is 1.75. The first-order valence-electron chi connectivity index (χ1n) is 7.23. The van der Waals surface area contributed by atoms with Gasteiger partial charge in [0.25, 0.3) is 0 Å². The van der Waals surface area contributed by atoms with E-state index in [0.29, 0.717) is 11.5 Å². The van der Waals surface area contributed by atoms with Gasteiger partial charge in [0, 0.05) is 0 Å². The Labute approximate surface area is 136 Å². The Kier molecular flexibility index (Phi) is 4.44. The molecule has 0 atom stereocenters. The Morgan fingerprint density at radius 2 is 1.17 bits per heavy atom. The van der Waals surface area contributed by atoms with E-state index in [-0.39, 0.29) is 4.90 Å². The van der Waals surface area contributed by atoms with Crippen molar-refractivity contribution < 1.29 is 13.2 Å². The van der Waals surface area contributed by atoms with Crippen LogP contribution in [-0.4, -0.2) is 8.42 Å². The maximum absolute atomic E-state index is 12.5. The highest BCUT2D eigenvalue weighted by Crippen LogP contribution is 2.21. The van der Waals surface area contributed by atoms with Crippen LogP contribution in [0.4, 0.5) is 0 Å². The van der Waals surface area contributed by atoms with E-state index in [9.17, 15) is 8.42 Å². The summed E-state index contributed by atoms with van der Waals surface area (Å²) >= 11 is 0. The van der Waals surface area contributed by atoms with E-state index in [4.69, 9.17) is 4.74 Å². The zero-order valence-electron chi connectivity index (χ0n) is 12.4. The Hall–Kier alpha value is -2.59. The molecule has 3 aromatic carbocycles. The molecule has 3 rings (SSSR count). The van der Waals surface area contributed by atoms with Crippen LogP contribution in [0.5, 0.6) is 5.75 Å². The quantitative estimate of drug-likeness (QED) is 0.710. The topological polar surface area (TPSA) is 43.4 Å². The normalized spacial score (nSPS) is 11.1. The van der Waals surface area contributed by atoms with Gasteiger partial charge in [0.1, 0.15) is 12.4 Å². The van der Waals surface area contributed by atoms with Gasteiger partial charge in [-0.25, -0.2) is 8.42 Å². The highest BCUT2D eigenvalue weighted by molar-refractivity contribution is 7.91. The molecule has 0 unspecified atom stereocenters. The summed E-state index contributed by atoms with van der Waals surface area (Å²) in [6.45, 7) is 0.398. The molecule has 0 amide bonds. The van der Waals surface area contributed by atoms with E-state index >= 15 is 0 Å². The zero-order valence-corrected chi connectivity index (χ0v) is 13.2. The first kappa shape index (κ1) is 15.3. The van der Waals surface area contributed by atoms with Crippen LogP contribution in [0, 0.1) is 0 Å². The molecule has 0 fully saturated rings. The third kappa shape index (κ3) is 3.60. The second-order valence-corrected chi connectivity index (χ2v) is 7.01. The number of hydrogen-bond donors (Lipinski definition) is 0. The Morgan fingerprint density at radius 1 is 0.652 bits per heavy atom. The maximum atomic E-state index is 12.5. The van der Waals surface area contributed by atoms with Gasteiger partial charge in [-0.05, 0) is 42.0 Å². The van der Waals surface area contributed by atoms with Gasteiger partial charge in [0.05, 0.1) is 9.79 Å². The van der Waals surface area contributed by atoms with E-state index in [1.54, 1.807) is 54.6 Å². The third-order valence-corrected chi connectivity index (χ3v) is 5.22. The van der Waals surface area contributed by atoms with Crippen molar-refractivity contribution in [3.05, 3.63) is 90.5 Å². The van der Waals surface area contributed by atoms with Gasteiger partial charge >= 0.3 is 0 Å². The van der Waals surface area contributed by atoms with Gasteiger partial charge in [-0.1, -0.05) is 48.5 Å². The molecule has 0 saturated carbocycles. The van der Waals surface area contributed by atoms with Gasteiger partial charge in [0.2, 0.25) is 9.84 Å². The molecular weight excluding hydrogens is 308 g/mol. The molecule has 0 aromatic heterocycles. The minimum Gasteiger partial charge on any atom is -0.489 e. The highest BCUT2D eigenvalue weighted by atomic mass is 32.2. The van der Waals surface area contributed by atoms with Crippen LogP contribution in [0.25, 0.3) is 0 Å². The smallest absolute Gasteiger partial charge is 0.206 e. The monoisotopic (exact) mass is 324 g/mol. The lowest BCUT2D eigenvalue weighted by Gasteiger charge is -2.08. The molecule has 4 heteroatoms. The molecule has 0 bridgehead atoms. The summed E-state index contributed by atoms with van der Waals surface area (Å²) in [4.78, 5) is 0.584. The van der Waals surface area contributed by atoms with Crippen LogP contribution in [0.15, 0.2) is 94.7 Å². The molecule has 0 aliphatic rings. The molecule has 0 heterocycles. The number of para-hydroxylation sites is 1. The fourth-order valence-electron chi connectivity index (χ4n) is 2.18. The van der Waals surface area contributed by atoms with Crippen LogP contribution >= 0.6 is 0 Å². The summed E-state index contributed by atoms with van der Waals surface area (Å²) in [6.07, 6.45) is 0. The van der Waals surface area contributed by atoms with Gasteiger partial charge in [0.15, 0.2) is 0 Å². The summed E-state index contributed by atoms with van der Waals surface area (Å²) in [5, 5.41) is 0. The Bertz CT molecular complexity index is 856. The summed E-state index contributed by atoms with van der Waals surface area (Å²) in [7, 11) is -3.46. The molecule has 0 aliphatic heterocycles. The summed E-state index contributed by atoms with van der Waals surface area (Å²) in [5.41, 5.74) is 0.917. The molecule has 3 nitrogen and oxygen atoms in total. The average Bonchev–Trinajstić information content (AvgIpc) is 2.62. The minimum atomic E-state index is -3.46. The van der Waals surface area contributed by atoms with E-state index in [0.717, 1.165) is 11.3 Å². The second-order valence-electron chi connectivity index (χ2n) is 5.06. The van der Waals surface area contributed by atoms with Gasteiger partial charge in [-0.2, -0.15) is 0 Å². The first-order chi connectivity index (χ1) is 11.2. The average molecular weight is 324 g/mol. The van der Waals surface area contributed by atoms with Crippen LogP contribution in [0.3, 0.4) is 0 Å². The molecule has 0 N–H and O–H groups in total. The summed E-state index contributed by atoms with van der Waals surface area (Å²) in [5.74, 6) is 0.786. The molecule has 0 radical (unpaired) electrons. The molecular formula is C19H16O3S. The summed E-state index contributed by atoms with van der Waals surface area (Å²) in [6, 6.07) is 24.7. The van der Waals surface area contributed by atoms with Crippen molar-refractivity contribution in [3.8, 4) is 5.75 Å². The third-order valence-electron chi connectivity index (χ3n) is 3.44. The van der Waals surface area contributed by atoms with Gasteiger partial charge in [-0.3, -0.25) is 0 Å². The number of ether oxygens (including phenoxy) is 1. The zero-order chi connectivity index (χ0) is 16.1. The van der Waals surface area contributed by atoms with Crippen molar-refractivity contribution in [1.82, 2.24) is 0 Å². The SMILES string of the molecule is O=S(=O)(c1ccccc1)c1ccc(COc2ccccc2)cc1. The lowest BCUT2D eigenvalue weighted by molar-refractivity contribution is 0.306. The lowest BCUT2D eigenvalue weighted by atomic mass is 10.2. The van der Waals surface area contributed by atoms with E-state index in [1.165, 1.54) is 0 Å². The highest BCUT2D eigenvalue weighted by Gasteiger charge is 2.16. The Morgan fingerprint density at radius 3 is 1.78 bits per heavy atom. The van der Waals surface area contributed by atoms with Crippen LogP contribution in [0.1, 0.15) is 5.56 Å². The van der Waals surface area contributed by atoms with Crippen molar-refractivity contribution in [2.75, 3.05) is 0 Å². The number of rotatable bonds is 5. The number of hydrogen-bond acceptors (Lipinski definition) is 3. The van der Waals surface area contributed by atoms with Crippen LogP contribution in [-0.2, 0) is 16.4 Å². The van der Waals surface area contributed by atoms with E-state index < -0.39 is 9.84 Å². The largest absolute Gasteiger partial charge is 0.489 e.